The summed E-state index contributed by atoms with van der Waals surface area (Å²) >= 11 is 1.19. The molecule has 1 aromatic heterocycles. The van der Waals surface area contributed by atoms with Crippen LogP contribution in [0.25, 0.3) is 0 Å². The molecule has 0 unspecified atom stereocenters. The third-order valence-corrected chi connectivity index (χ3v) is 3.28. The Balaban J connectivity index is 2.20. The fourth-order valence-electron chi connectivity index (χ4n) is 1.78. The largest absolute Gasteiger partial charge is 0.481 e. The van der Waals surface area contributed by atoms with Crippen molar-refractivity contribution in [2.75, 3.05) is 5.75 Å². The number of rotatable bonds is 3. The molecule has 0 bridgehead atoms. The maximum atomic E-state index is 10.4. The molecule has 80 valence electrons. The average molecular weight is 224 g/mol. The SMILES string of the molecule is Cc1nc(SCC(=O)O)nc2c1CCC2. The van der Waals surface area contributed by atoms with E-state index in [2.05, 4.69) is 9.97 Å². The Morgan fingerprint density at radius 1 is 1.47 bits per heavy atom. The molecule has 5 heteroatoms. The van der Waals surface area contributed by atoms with E-state index in [-0.39, 0.29) is 5.75 Å². The number of carbonyl (C=O) groups is 1. The van der Waals surface area contributed by atoms with Crippen LogP contribution in [0.4, 0.5) is 0 Å². The zero-order valence-corrected chi connectivity index (χ0v) is 9.30. The summed E-state index contributed by atoms with van der Waals surface area (Å²) in [6.07, 6.45) is 3.20. The van der Waals surface area contributed by atoms with E-state index in [0.29, 0.717) is 5.16 Å². The van der Waals surface area contributed by atoms with Gasteiger partial charge in [-0.1, -0.05) is 11.8 Å². The van der Waals surface area contributed by atoms with Gasteiger partial charge in [0, 0.05) is 11.4 Å². The first-order valence-electron chi connectivity index (χ1n) is 4.88. The molecular formula is C10H12N2O2S. The number of thioether (sulfide) groups is 1. The molecule has 0 saturated carbocycles. The maximum Gasteiger partial charge on any atom is 0.313 e. The number of nitrogens with zero attached hydrogens (tertiary/aromatic N) is 2. The van der Waals surface area contributed by atoms with Crippen LogP contribution in [0.5, 0.6) is 0 Å². The summed E-state index contributed by atoms with van der Waals surface area (Å²) in [7, 11) is 0. The van der Waals surface area contributed by atoms with Gasteiger partial charge < -0.3 is 5.11 Å². The molecule has 0 amide bonds. The van der Waals surface area contributed by atoms with Crippen LogP contribution < -0.4 is 0 Å². The number of aromatic nitrogens is 2. The van der Waals surface area contributed by atoms with Crippen LogP contribution in [0, 0.1) is 6.92 Å². The van der Waals surface area contributed by atoms with E-state index in [0.717, 1.165) is 30.7 Å². The third-order valence-electron chi connectivity index (χ3n) is 2.44. The van der Waals surface area contributed by atoms with E-state index in [1.165, 1.54) is 17.3 Å². The molecule has 1 aromatic rings. The molecule has 0 atom stereocenters. The molecule has 0 saturated heterocycles. The van der Waals surface area contributed by atoms with Crippen LogP contribution in [-0.4, -0.2) is 26.8 Å². The quantitative estimate of drug-likeness (QED) is 0.622. The normalized spacial score (nSPS) is 13.9. The van der Waals surface area contributed by atoms with Gasteiger partial charge in [0.05, 0.1) is 5.75 Å². The van der Waals surface area contributed by atoms with Crippen molar-refractivity contribution in [3.05, 3.63) is 17.0 Å². The number of fused-ring (bicyclic) bond motifs is 1. The first-order valence-corrected chi connectivity index (χ1v) is 5.86. The van der Waals surface area contributed by atoms with Gasteiger partial charge in [0.15, 0.2) is 5.16 Å². The topological polar surface area (TPSA) is 63.1 Å². The highest BCUT2D eigenvalue weighted by molar-refractivity contribution is 7.99. The van der Waals surface area contributed by atoms with Gasteiger partial charge in [-0.25, -0.2) is 9.97 Å². The number of carboxylic acid groups (broad SMARTS) is 1. The summed E-state index contributed by atoms with van der Waals surface area (Å²) in [5, 5.41) is 9.15. The van der Waals surface area contributed by atoms with Gasteiger partial charge in [0.25, 0.3) is 0 Å². The van der Waals surface area contributed by atoms with E-state index < -0.39 is 5.97 Å². The average Bonchev–Trinajstić information content (AvgIpc) is 2.63. The zero-order valence-electron chi connectivity index (χ0n) is 8.49. The smallest absolute Gasteiger partial charge is 0.313 e. The summed E-state index contributed by atoms with van der Waals surface area (Å²) in [4.78, 5) is 19.1. The van der Waals surface area contributed by atoms with Gasteiger partial charge in [-0.15, -0.1) is 0 Å². The minimum absolute atomic E-state index is 0.0260. The fourth-order valence-corrected chi connectivity index (χ4v) is 2.41. The number of hydrogen-bond acceptors (Lipinski definition) is 4. The summed E-state index contributed by atoms with van der Waals surface area (Å²) in [5.41, 5.74) is 3.37. The second-order valence-electron chi connectivity index (χ2n) is 3.55. The minimum Gasteiger partial charge on any atom is -0.481 e. The zero-order chi connectivity index (χ0) is 10.8. The third kappa shape index (κ3) is 2.28. The monoisotopic (exact) mass is 224 g/mol. The Morgan fingerprint density at radius 3 is 3.00 bits per heavy atom. The molecule has 1 aliphatic carbocycles. The number of carboxylic acids is 1. The van der Waals surface area contributed by atoms with Crippen LogP contribution >= 0.6 is 11.8 Å². The highest BCUT2D eigenvalue weighted by atomic mass is 32.2. The Labute approximate surface area is 92.1 Å². The summed E-state index contributed by atoms with van der Waals surface area (Å²) in [5.74, 6) is -0.806. The molecule has 0 spiro atoms. The lowest BCUT2D eigenvalue weighted by atomic mass is 10.2. The maximum absolute atomic E-state index is 10.4. The van der Waals surface area contributed by atoms with Crippen molar-refractivity contribution in [2.45, 2.75) is 31.3 Å². The Morgan fingerprint density at radius 2 is 2.27 bits per heavy atom. The second kappa shape index (κ2) is 4.18. The molecule has 1 aliphatic rings. The van der Waals surface area contributed by atoms with Gasteiger partial charge in [-0.2, -0.15) is 0 Å². The Kier molecular flexibility index (Phi) is 2.90. The van der Waals surface area contributed by atoms with Crippen molar-refractivity contribution in [3.63, 3.8) is 0 Å². The molecule has 0 aromatic carbocycles. The van der Waals surface area contributed by atoms with Crippen LogP contribution in [0.15, 0.2) is 5.16 Å². The second-order valence-corrected chi connectivity index (χ2v) is 4.50. The molecule has 15 heavy (non-hydrogen) atoms. The van der Waals surface area contributed by atoms with Gasteiger partial charge in [-0.3, -0.25) is 4.79 Å². The van der Waals surface area contributed by atoms with Crippen molar-refractivity contribution in [1.82, 2.24) is 9.97 Å². The highest BCUT2D eigenvalue weighted by Crippen LogP contribution is 2.25. The molecule has 1 N–H and O–H groups in total. The Hall–Kier alpha value is -1.10. The number of aliphatic carboxylic acids is 1. The van der Waals surface area contributed by atoms with Crippen LogP contribution in [-0.2, 0) is 17.6 Å². The lowest BCUT2D eigenvalue weighted by Gasteiger charge is -2.05. The summed E-state index contributed by atoms with van der Waals surface area (Å²) < 4.78 is 0. The lowest BCUT2D eigenvalue weighted by molar-refractivity contribution is -0.133. The van der Waals surface area contributed by atoms with E-state index in [1.807, 2.05) is 6.92 Å². The van der Waals surface area contributed by atoms with Crippen molar-refractivity contribution < 1.29 is 9.90 Å². The molecular weight excluding hydrogens is 212 g/mol. The van der Waals surface area contributed by atoms with E-state index in [9.17, 15) is 4.79 Å². The molecule has 2 rings (SSSR count). The number of aryl methyl sites for hydroxylation is 2. The first-order chi connectivity index (χ1) is 7.16. The van der Waals surface area contributed by atoms with Gasteiger partial charge in [0.2, 0.25) is 0 Å². The van der Waals surface area contributed by atoms with Gasteiger partial charge in [-0.05, 0) is 31.7 Å². The molecule has 0 radical (unpaired) electrons. The number of hydrogen-bond donors (Lipinski definition) is 1. The fraction of sp³-hybridized carbons (Fsp3) is 0.500. The first kappa shape index (κ1) is 10.4. The minimum atomic E-state index is -0.832. The highest BCUT2D eigenvalue weighted by Gasteiger charge is 2.17. The molecule has 0 aliphatic heterocycles. The summed E-state index contributed by atoms with van der Waals surface area (Å²) in [6.45, 7) is 1.97. The molecule has 4 nitrogen and oxygen atoms in total. The van der Waals surface area contributed by atoms with Crippen molar-refractivity contribution in [3.8, 4) is 0 Å². The van der Waals surface area contributed by atoms with Crippen molar-refractivity contribution in [1.29, 1.82) is 0 Å². The predicted octanol–water partition coefficient (Wildman–Crippen LogP) is 1.45. The van der Waals surface area contributed by atoms with E-state index in [1.54, 1.807) is 0 Å². The van der Waals surface area contributed by atoms with Gasteiger partial charge in [0.1, 0.15) is 0 Å². The van der Waals surface area contributed by atoms with Crippen LogP contribution in [0.3, 0.4) is 0 Å². The predicted molar refractivity (Wildman–Crippen MR) is 57.2 cm³/mol. The summed E-state index contributed by atoms with van der Waals surface area (Å²) in [6, 6.07) is 0. The van der Waals surface area contributed by atoms with Gasteiger partial charge >= 0.3 is 5.97 Å². The molecule has 1 heterocycles. The van der Waals surface area contributed by atoms with Crippen LogP contribution in [0.2, 0.25) is 0 Å². The standard InChI is InChI=1S/C10H12N2O2S/c1-6-7-3-2-4-8(7)12-10(11-6)15-5-9(13)14/h2-5H2,1H3,(H,13,14). The van der Waals surface area contributed by atoms with E-state index in [4.69, 9.17) is 5.11 Å². The van der Waals surface area contributed by atoms with E-state index >= 15 is 0 Å². The van der Waals surface area contributed by atoms with Crippen molar-refractivity contribution in [2.24, 2.45) is 0 Å². The van der Waals surface area contributed by atoms with Crippen LogP contribution in [0.1, 0.15) is 23.4 Å². The molecule has 0 fully saturated rings. The Bertz CT molecular complexity index is 407. The van der Waals surface area contributed by atoms with Crippen molar-refractivity contribution >= 4 is 17.7 Å². The lowest BCUT2D eigenvalue weighted by Crippen LogP contribution is -2.02.